The van der Waals surface area contributed by atoms with E-state index in [0.717, 1.165) is 18.5 Å². The fourth-order valence-corrected chi connectivity index (χ4v) is 3.55. The second kappa shape index (κ2) is 6.17. The standard InChI is InChI=1S/C14H29N3/c1-3-16-7-5-13(6-8-16)17-9-4-12(2)10-14(17)11-15/h12-14H,3-11,15H2,1-2H3. The van der Waals surface area contributed by atoms with Crippen molar-refractivity contribution in [1.82, 2.24) is 9.80 Å². The second-order valence-electron chi connectivity index (χ2n) is 5.92. The predicted octanol–water partition coefficient (Wildman–Crippen LogP) is 1.53. The quantitative estimate of drug-likeness (QED) is 0.811. The highest BCUT2D eigenvalue weighted by Gasteiger charge is 2.32. The Labute approximate surface area is 106 Å². The number of likely N-dealkylation sites (tertiary alicyclic amines) is 2. The Morgan fingerprint density at radius 3 is 2.41 bits per heavy atom. The molecule has 2 N–H and O–H groups in total. The van der Waals surface area contributed by atoms with Gasteiger partial charge in [-0.15, -0.1) is 0 Å². The van der Waals surface area contributed by atoms with Crippen LogP contribution in [-0.4, -0.2) is 54.6 Å². The van der Waals surface area contributed by atoms with E-state index in [4.69, 9.17) is 5.73 Å². The number of hydrogen-bond acceptors (Lipinski definition) is 3. The molecule has 0 radical (unpaired) electrons. The number of nitrogens with two attached hydrogens (primary N) is 1. The molecule has 2 atom stereocenters. The van der Waals surface area contributed by atoms with Crippen molar-refractivity contribution in [2.75, 3.05) is 32.7 Å². The van der Waals surface area contributed by atoms with Crippen LogP contribution in [0.4, 0.5) is 0 Å². The maximum absolute atomic E-state index is 5.96. The van der Waals surface area contributed by atoms with E-state index >= 15 is 0 Å². The van der Waals surface area contributed by atoms with Crippen LogP contribution in [-0.2, 0) is 0 Å². The van der Waals surface area contributed by atoms with Gasteiger partial charge in [0.2, 0.25) is 0 Å². The Morgan fingerprint density at radius 1 is 1.12 bits per heavy atom. The highest BCUT2D eigenvalue weighted by Crippen LogP contribution is 2.27. The first-order valence-electron chi connectivity index (χ1n) is 7.42. The molecule has 0 aromatic heterocycles. The summed E-state index contributed by atoms with van der Waals surface area (Å²) in [7, 11) is 0. The molecule has 0 spiro atoms. The molecule has 0 amide bonds. The van der Waals surface area contributed by atoms with Crippen molar-refractivity contribution < 1.29 is 0 Å². The maximum atomic E-state index is 5.96. The molecule has 2 rings (SSSR count). The van der Waals surface area contributed by atoms with E-state index in [0.29, 0.717) is 6.04 Å². The van der Waals surface area contributed by atoms with Crippen molar-refractivity contribution in [1.29, 1.82) is 0 Å². The molecule has 0 aliphatic carbocycles. The van der Waals surface area contributed by atoms with Crippen LogP contribution in [0.1, 0.15) is 39.5 Å². The number of hydrogen-bond donors (Lipinski definition) is 1. The van der Waals surface area contributed by atoms with Crippen LogP contribution in [0.5, 0.6) is 0 Å². The van der Waals surface area contributed by atoms with Gasteiger partial charge in [-0.25, -0.2) is 0 Å². The molecule has 100 valence electrons. The summed E-state index contributed by atoms with van der Waals surface area (Å²) in [4.78, 5) is 5.30. The summed E-state index contributed by atoms with van der Waals surface area (Å²) < 4.78 is 0. The van der Waals surface area contributed by atoms with Crippen LogP contribution >= 0.6 is 0 Å². The van der Waals surface area contributed by atoms with E-state index in [1.54, 1.807) is 0 Å². The number of piperidine rings is 2. The second-order valence-corrected chi connectivity index (χ2v) is 5.92. The summed E-state index contributed by atoms with van der Waals surface area (Å²) in [6.45, 7) is 10.5. The smallest absolute Gasteiger partial charge is 0.0223 e. The fraction of sp³-hybridized carbons (Fsp3) is 1.00. The van der Waals surface area contributed by atoms with Gasteiger partial charge >= 0.3 is 0 Å². The Balaban J connectivity index is 1.88. The molecule has 2 aliphatic rings. The lowest BCUT2D eigenvalue weighted by atomic mass is 9.89. The molecule has 2 saturated heterocycles. The van der Waals surface area contributed by atoms with Crippen molar-refractivity contribution in [3.8, 4) is 0 Å². The van der Waals surface area contributed by atoms with E-state index in [9.17, 15) is 0 Å². The van der Waals surface area contributed by atoms with Gasteiger partial charge in [0.15, 0.2) is 0 Å². The molecule has 2 heterocycles. The SMILES string of the molecule is CCN1CCC(N2CCC(C)CC2CN)CC1. The van der Waals surface area contributed by atoms with Crippen molar-refractivity contribution in [3.05, 3.63) is 0 Å². The lowest BCUT2D eigenvalue weighted by Gasteiger charge is -2.45. The lowest BCUT2D eigenvalue weighted by Crippen LogP contribution is -2.54. The third-order valence-corrected chi connectivity index (χ3v) is 4.77. The molecule has 0 bridgehead atoms. The normalized spacial score (nSPS) is 34.1. The Hall–Kier alpha value is -0.120. The molecule has 2 fully saturated rings. The highest BCUT2D eigenvalue weighted by atomic mass is 15.2. The van der Waals surface area contributed by atoms with E-state index in [1.807, 2.05) is 0 Å². The molecular formula is C14H29N3. The van der Waals surface area contributed by atoms with Crippen LogP contribution in [0.2, 0.25) is 0 Å². The molecule has 3 heteroatoms. The summed E-state index contributed by atoms with van der Waals surface area (Å²) in [5, 5.41) is 0. The van der Waals surface area contributed by atoms with Crippen LogP contribution < -0.4 is 5.73 Å². The first-order chi connectivity index (χ1) is 8.24. The minimum absolute atomic E-state index is 0.650. The third-order valence-electron chi connectivity index (χ3n) is 4.77. The molecule has 0 aromatic carbocycles. The summed E-state index contributed by atoms with van der Waals surface area (Å²) in [5.41, 5.74) is 5.96. The average molecular weight is 239 g/mol. The van der Waals surface area contributed by atoms with Gasteiger partial charge in [0.1, 0.15) is 0 Å². The first kappa shape index (κ1) is 13.3. The van der Waals surface area contributed by atoms with Crippen molar-refractivity contribution in [2.24, 2.45) is 11.7 Å². The Bertz CT molecular complexity index is 224. The van der Waals surface area contributed by atoms with Gasteiger partial charge in [0.05, 0.1) is 0 Å². The van der Waals surface area contributed by atoms with E-state index in [-0.39, 0.29) is 0 Å². The van der Waals surface area contributed by atoms with Gasteiger partial charge in [-0.05, 0) is 57.8 Å². The van der Waals surface area contributed by atoms with Gasteiger partial charge in [-0.3, -0.25) is 4.90 Å². The lowest BCUT2D eigenvalue weighted by molar-refractivity contribution is 0.0402. The summed E-state index contributed by atoms with van der Waals surface area (Å²) in [5.74, 6) is 0.871. The van der Waals surface area contributed by atoms with E-state index in [2.05, 4.69) is 23.6 Å². The molecule has 3 nitrogen and oxygen atoms in total. The van der Waals surface area contributed by atoms with Crippen LogP contribution in [0, 0.1) is 5.92 Å². The third kappa shape index (κ3) is 3.21. The predicted molar refractivity (Wildman–Crippen MR) is 73.1 cm³/mol. The van der Waals surface area contributed by atoms with Crippen LogP contribution in [0.15, 0.2) is 0 Å². The van der Waals surface area contributed by atoms with Crippen molar-refractivity contribution in [2.45, 2.75) is 51.6 Å². The van der Waals surface area contributed by atoms with E-state index in [1.165, 1.54) is 51.9 Å². The zero-order valence-corrected chi connectivity index (χ0v) is 11.6. The van der Waals surface area contributed by atoms with Gasteiger partial charge < -0.3 is 10.6 Å². The summed E-state index contributed by atoms with van der Waals surface area (Å²) in [6, 6.07) is 1.45. The van der Waals surface area contributed by atoms with Gasteiger partial charge in [-0.2, -0.15) is 0 Å². The fourth-order valence-electron chi connectivity index (χ4n) is 3.55. The monoisotopic (exact) mass is 239 g/mol. The topological polar surface area (TPSA) is 32.5 Å². The Kier molecular flexibility index (Phi) is 4.83. The highest BCUT2D eigenvalue weighted by molar-refractivity contribution is 4.88. The zero-order valence-electron chi connectivity index (χ0n) is 11.6. The first-order valence-corrected chi connectivity index (χ1v) is 7.42. The molecule has 2 aliphatic heterocycles. The van der Waals surface area contributed by atoms with Gasteiger partial charge in [0, 0.05) is 18.6 Å². The maximum Gasteiger partial charge on any atom is 0.0223 e. The largest absolute Gasteiger partial charge is 0.329 e. The number of nitrogens with zero attached hydrogens (tertiary/aromatic N) is 2. The summed E-state index contributed by atoms with van der Waals surface area (Å²) in [6.07, 6.45) is 5.37. The minimum Gasteiger partial charge on any atom is -0.329 e. The van der Waals surface area contributed by atoms with Gasteiger partial charge in [-0.1, -0.05) is 13.8 Å². The van der Waals surface area contributed by atoms with Crippen molar-refractivity contribution in [3.63, 3.8) is 0 Å². The van der Waals surface area contributed by atoms with Crippen molar-refractivity contribution >= 4 is 0 Å². The molecule has 17 heavy (non-hydrogen) atoms. The molecule has 0 saturated carbocycles. The molecule has 0 aromatic rings. The van der Waals surface area contributed by atoms with Gasteiger partial charge in [0.25, 0.3) is 0 Å². The number of rotatable bonds is 3. The summed E-state index contributed by atoms with van der Waals surface area (Å²) >= 11 is 0. The van der Waals surface area contributed by atoms with Crippen LogP contribution in [0.25, 0.3) is 0 Å². The van der Waals surface area contributed by atoms with Crippen LogP contribution in [0.3, 0.4) is 0 Å². The molecule has 2 unspecified atom stereocenters. The minimum atomic E-state index is 0.650. The average Bonchev–Trinajstić information content (AvgIpc) is 2.39. The Morgan fingerprint density at radius 2 is 1.82 bits per heavy atom. The molecular weight excluding hydrogens is 210 g/mol. The van der Waals surface area contributed by atoms with E-state index < -0.39 is 0 Å². The zero-order chi connectivity index (χ0) is 12.3.